The molecule has 0 amide bonds. The fraction of sp³-hybridized carbons (Fsp3) is 0.250. The number of rotatable bonds is 11. The van der Waals surface area contributed by atoms with Crippen LogP contribution in [0.2, 0.25) is 0 Å². The summed E-state index contributed by atoms with van der Waals surface area (Å²) in [6, 6.07) is 17.4. The molecule has 0 atom stereocenters. The summed E-state index contributed by atoms with van der Waals surface area (Å²) in [6.45, 7) is 0.612. The van der Waals surface area contributed by atoms with Gasteiger partial charge in [-0.3, -0.25) is 9.78 Å². The maximum absolute atomic E-state index is 13.0. The van der Waals surface area contributed by atoms with Crippen LogP contribution in [0.5, 0.6) is 5.75 Å². The SMILES string of the molecule is CN(CCCC(=O)OCc1ccc(OCc2ccccn2)cc1)S(=O)(=O)c1ccc(F)cc1. The Balaban J connectivity index is 1.38. The van der Waals surface area contributed by atoms with Crippen molar-refractivity contribution in [3.05, 3.63) is 90.0 Å². The lowest BCUT2D eigenvalue weighted by atomic mass is 10.2. The Hall–Kier alpha value is -3.30. The van der Waals surface area contributed by atoms with Crippen LogP contribution in [0.1, 0.15) is 24.1 Å². The van der Waals surface area contributed by atoms with Gasteiger partial charge in [-0.1, -0.05) is 18.2 Å². The van der Waals surface area contributed by atoms with Crippen molar-refractivity contribution in [1.82, 2.24) is 9.29 Å². The molecule has 9 heteroatoms. The average Bonchev–Trinajstić information content (AvgIpc) is 2.83. The summed E-state index contributed by atoms with van der Waals surface area (Å²) in [5.41, 5.74) is 1.64. The molecule has 0 unspecified atom stereocenters. The van der Waals surface area contributed by atoms with Crippen molar-refractivity contribution in [3.63, 3.8) is 0 Å². The van der Waals surface area contributed by atoms with Crippen molar-refractivity contribution in [2.75, 3.05) is 13.6 Å². The van der Waals surface area contributed by atoms with Crippen molar-refractivity contribution in [1.29, 1.82) is 0 Å². The second-order valence-corrected chi connectivity index (χ2v) is 9.34. The third-order valence-electron chi connectivity index (χ3n) is 4.81. The van der Waals surface area contributed by atoms with E-state index in [1.54, 1.807) is 18.3 Å². The molecule has 0 fully saturated rings. The van der Waals surface area contributed by atoms with E-state index >= 15 is 0 Å². The number of halogens is 1. The van der Waals surface area contributed by atoms with Crippen molar-refractivity contribution in [2.45, 2.75) is 31.0 Å². The second kappa shape index (κ2) is 11.5. The van der Waals surface area contributed by atoms with Crippen LogP contribution < -0.4 is 4.74 Å². The van der Waals surface area contributed by atoms with Crippen molar-refractivity contribution >= 4 is 16.0 Å². The van der Waals surface area contributed by atoms with Crippen LogP contribution in [0, 0.1) is 5.82 Å². The number of carbonyl (C=O) groups is 1. The molecule has 3 aromatic rings. The Kier molecular flexibility index (Phi) is 8.51. The van der Waals surface area contributed by atoms with Gasteiger partial charge in [0.1, 0.15) is 24.8 Å². The number of nitrogens with zero attached hydrogens (tertiary/aromatic N) is 2. The smallest absolute Gasteiger partial charge is 0.306 e. The zero-order valence-corrected chi connectivity index (χ0v) is 19.0. The van der Waals surface area contributed by atoms with Crippen LogP contribution in [0.4, 0.5) is 4.39 Å². The highest BCUT2D eigenvalue weighted by Gasteiger charge is 2.20. The van der Waals surface area contributed by atoms with Gasteiger partial charge in [0.25, 0.3) is 0 Å². The maximum Gasteiger partial charge on any atom is 0.306 e. The molecule has 2 aromatic carbocycles. The number of esters is 1. The van der Waals surface area contributed by atoms with Gasteiger partial charge in [0.05, 0.1) is 10.6 Å². The number of aromatic nitrogens is 1. The zero-order valence-electron chi connectivity index (χ0n) is 18.2. The summed E-state index contributed by atoms with van der Waals surface area (Å²) in [6.07, 6.45) is 2.09. The minimum atomic E-state index is -3.74. The molecule has 0 aliphatic heterocycles. The van der Waals surface area contributed by atoms with Gasteiger partial charge in [-0.25, -0.2) is 17.1 Å². The van der Waals surface area contributed by atoms with Crippen LogP contribution in [0.15, 0.2) is 77.8 Å². The predicted octanol–water partition coefficient (Wildman–Crippen LogP) is 3.94. The van der Waals surface area contributed by atoms with Crippen LogP contribution in [0.25, 0.3) is 0 Å². The van der Waals surface area contributed by atoms with E-state index in [0.29, 0.717) is 18.8 Å². The van der Waals surface area contributed by atoms with Crippen molar-refractivity contribution < 1.29 is 27.1 Å². The number of hydrogen-bond donors (Lipinski definition) is 0. The minimum absolute atomic E-state index is 0.00133. The Bertz CT molecular complexity index is 1140. The number of sulfonamides is 1. The van der Waals surface area contributed by atoms with Crippen molar-refractivity contribution in [3.8, 4) is 5.75 Å². The number of pyridine rings is 1. The first-order valence-corrected chi connectivity index (χ1v) is 11.8. The molecule has 1 heterocycles. The highest BCUT2D eigenvalue weighted by atomic mass is 32.2. The normalized spacial score (nSPS) is 11.4. The molecule has 0 saturated carbocycles. The number of hydrogen-bond acceptors (Lipinski definition) is 6. The molecule has 0 N–H and O–H groups in total. The molecule has 1 aromatic heterocycles. The van der Waals surface area contributed by atoms with Gasteiger partial charge in [0.2, 0.25) is 10.0 Å². The van der Waals surface area contributed by atoms with Gasteiger partial charge >= 0.3 is 5.97 Å². The fourth-order valence-corrected chi connectivity index (χ4v) is 4.12. The average molecular weight is 473 g/mol. The molecule has 0 spiro atoms. The Morgan fingerprint density at radius 2 is 1.73 bits per heavy atom. The predicted molar refractivity (Wildman–Crippen MR) is 120 cm³/mol. The Morgan fingerprint density at radius 3 is 2.39 bits per heavy atom. The first-order chi connectivity index (χ1) is 15.8. The highest BCUT2D eigenvalue weighted by molar-refractivity contribution is 7.89. The van der Waals surface area contributed by atoms with Gasteiger partial charge in [-0.2, -0.15) is 0 Å². The van der Waals surface area contributed by atoms with Gasteiger partial charge in [-0.15, -0.1) is 0 Å². The summed E-state index contributed by atoms with van der Waals surface area (Å²) in [5.74, 6) is -0.245. The molecule has 0 radical (unpaired) electrons. The summed E-state index contributed by atoms with van der Waals surface area (Å²) < 4.78 is 50.0. The van der Waals surface area contributed by atoms with E-state index in [9.17, 15) is 17.6 Å². The minimum Gasteiger partial charge on any atom is -0.487 e. The van der Waals surface area contributed by atoms with Crippen molar-refractivity contribution in [2.24, 2.45) is 0 Å². The first kappa shape index (κ1) is 24.3. The van der Waals surface area contributed by atoms with Crippen LogP contribution in [-0.2, 0) is 32.8 Å². The molecule has 0 saturated heterocycles. The van der Waals surface area contributed by atoms with Gasteiger partial charge in [0.15, 0.2) is 0 Å². The van der Waals surface area contributed by atoms with E-state index in [1.165, 1.54) is 19.2 Å². The summed E-state index contributed by atoms with van der Waals surface area (Å²) in [7, 11) is -2.32. The summed E-state index contributed by atoms with van der Waals surface area (Å²) in [5, 5.41) is 0. The first-order valence-electron chi connectivity index (χ1n) is 10.3. The second-order valence-electron chi connectivity index (χ2n) is 7.30. The van der Waals surface area contributed by atoms with E-state index in [0.717, 1.165) is 27.7 Å². The topological polar surface area (TPSA) is 85.8 Å². The third-order valence-corrected chi connectivity index (χ3v) is 6.68. The molecule has 7 nitrogen and oxygen atoms in total. The largest absolute Gasteiger partial charge is 0.487 e. The van der Waals surface area contributed by atoms with Gasteiger partial charge < -0.3 is 9.47 Å². The molecular weight excluding hydrogens is 447 g/mol. The highest BCUT2D eigenvalue weighted by Crippen LogP contribution is 2.16. The monoisotopic (exact) mass is 472 g/mol. The van der Waals surface area contributed by atoms with E-state index < -0.39 is 21.8 Å². The van der Waals surface area contributed by atoms with Gasteiger partial charge in [0, 0.05) is 26.2 Å². The molecule has 33 heavy (non-hydrogen) atoms. The molecule has 3 rings (SSSR count). The summed E-state index contributed by atoms with van der Waals surface area (Å²) in [4.78, 5) is 16.2. The Morgan fingerprint density at radius 1 is 1.00 bits per heavy atom. The summed E-state index contributed by atoms with van der Waals surface area (Å²) >= 11 is 0. The molecule has 0 aliphatic carbocycles. The molecule has 0 bridgehead atoms. The molecule has 0 aliphatic rings. The lowest BCUT2D eigenvalue weighted by Gasteiger charge is -2.17. The number of carbonyl (C=O) groups excluding carboxylic acids is 1. The molecule has 174 valence electrons. The van der Waals surface area contributed by atoms with Crippen LogP contribution in [0.3, 0.4) is 0 Å². The van der Waals surface area contributed by atoms with Crippen LogP contribution >= 0.6 is 0 Å². The quantitative estimate of drug-likeness (QED) is 0.393. The van der Waals surface area contributed by atoms with E-state index in [1.807, 2.05) is 30.3 Å². The number of ether oxygens (including phenoxy) is 2. The van der Waals surface area contributed by atoms with E-state index in [2.05, 4.69) is 4.98 Å². The standard InChI is InChI=1S/C24H25FN2O5S/c1-27(33(29,30)23-13-9-20(25)10-14-23)16-4-6-24(28)32-17-19-7-11-22(12-8-19)31-18-21-5-2-3-15-26-21/h2-3,5,7-15H,4,6,16-18H2,1H3. The molecular formula is C24H25FN2O5S. The third kappa shape index (κ3) is 7.37. The zero-order chi connectivity index (χ0) is 23.7. The van der Waals surface area contributed by atoms with Crippen LogP contribution in [-0.4, -0.2) is 37.3 Å². The van der Waals surface area contributed by atoms with E-state index in [-0.39, 0.29) is 24.5 Å². The fourth-order valence-electron chi connectivity index (χ4n) is 2.91. The Labute approximate surface area is 192 Å². The maximum atomic E-state index is 13.0. The lowest BCUT2D eigenvalue weighted by molar-refractivity contribution is -0.145. The van der Waals surface area contributed by atoms with Gasteiger partial charge in [-0.05, 0) is 60.5 Å². The lowest BCUT2D eigenvalue weighted by Crippen LogP contribution is -2.28. The number of benzene rings is 2. The van der Waals surface area contributed by atoms with E-state index in [4.69, 9.17) is 9.47 Å².